The van der Waals surface area contributed by atoms with E-state index in [0.29, 0.717) is 5.41 Å². The summed E-state index contributed by atoms with van der Waals surface area (Å²) in [4.78, 5) is 0. The highest BCUT2D eigenvalue weighted by Gasteiger charge is 2.32. The molecular weight excluding hydrogens is 156 g/mol. The number of thioether (sulfide) groups is 1. The lowest BCUT2D eigenvalue weighted by Gasteiger charge is -2.36. The number of allylic oxidation sites excluding steroid dienone is 1. The second-order valence-corrected chi connectivity index (χ2v) is 4.80. The molecule has 2 heteroatoms. The lowest BCUT2D eigenvalue weighted by Crippen LogP contribution is -2.36. The fourth-order valence-electron chi connectivity index (χ4n) is 0.943. The first-order valence-electron chi connectivity index (χ1n) is 3.95. The lowest BCUT2D eigenvalue weighted by molar-refractivity contribution is 0.149. The van der Waals surface area contributed by atoms with Gasteiger partial charge in [0.1, 0.15) is 0 Å². The van der Waals surface area contributed by atoms with Crippen molar-refractivity contribution in [1.29, 1.82) is 0 Å². The Morgan fingerprint density at radius 2 is 2.18 bits per heavy atom. The van der Waals surface area contributed by atoms with E-state index < -0.39 is 0 Å². The van der Waals surface area contributed by atoms with Crippen LogP contribution in [0.5, 0.6) is 0 Å². The van der Waals surface area contributed by atoms with Crippen molar-refractivity contribution in [3.8, 4) is 0 Å². The third kappa shape index (κ3) is 2.78. The van der Waals surface area contributed by atoms with Gasteiger partial charge in [-0.15, -0.1) is 0 Å². The quantitative estimate of drug-likeness (QED) is 0.605. The number of ether oxygens (including phenoxy) is 1. The van der Waals surface area contributed by atoms with Gasteiger partial charge in [-0.1, -0.05) is 6.92 Å². The first-order valence-corrected chi connectivity index (χ1v) is 5.11. The third-order valence-corrected chi connectivity index (χ3v) is 3.45. The Morgan fingerprint density at radius 3 is 2.55 bits per heavy atom. The van der Waals surface area contributed by atoms with E-state index in [1.165, 1.54) is 17.1 Å². The average Bonchev–Trinajstić information content (AvgIpc) is 1.83. The van der Waals surface area contributed by atoms with E-state index >= 15 is 0 Å². The summed E-state index contributed by atoms with van der Waals surface area (Å²) in [7, 11) is 0. The summed E-state index contributed by atoms with van der Waals surface area (Å²) in [6.45, 7) is 7.27. The van der Waals surface area contributed by atoms with Crippen molar-refractivity contribution in [2.45, 2.75) is 20.8 Å². The summed E-state index contributed by atoms with van der Waals surface area (Å²) >= 11 is 2.00. The van der Waals surface area contributed by atoms with Crippen LogP contribution in [0.4, 0.5) is 0 Å². The van der Waals surface area contributed by atoms with Gasteiger partial charge in [0.05, 0.1) is 12.9 Å². The maximum atomic E-state index is 5.43. The van der Waals surface area contributed by atoms with E-state index in [1.54, 1.807) is 0 Å². The first-order chi connectivity index (χ1) is 5.12. The summed E-state index contributed by atoms with van der Waals surface area (Å²) in [6.07, 6.45) is 1.86. The lowest BCUT2D eigenvalue weighted by atomic mass is 9.97. The molecular formula is C9H16OS. The molecule has 0 aliphatic carbocycles. The standard InChI is InChI=1S/C9H16OS/c1-8(2)4-10-5-9(3)6-11-7-9/h4H,5-7H2,1-3H3. The molecule has 1 nitrogen and oxygen atoms in total. The van der Waals surface area contributed by atoms with Crippen LogP contribution in [0.2, 0.25) is 0 Å². The van der Waals surface area contributed by atoms with E-state index in [-0.39, 0.29) is 0 Å². The summed E-state index contributed by atoms with van der Waals surface area (Å²) in [5.41, 5.74) is 1.69. The van der Waals surface area contributed by atoms with Crippen molar-refractivity contribution in [3.63, 3.8) is 0 Å². The van der Waals surface area contributed by atoms with E-state index in [0.717, 1.165) is 6.61 Å². The number of hydrogen-bond acceptors (Lipinski definition) is 2. The molecule has 11 heavy (non-hydrogen) atoms. The topological polar surface area (TPSA) is 9.23 Å². The molecule has 64 valence electrons. The van der Waals surface area contributed by atoms with Crippen molar-refractivity contribution in [2.75, 3.05) is 18.1 Å². The molecule has 0 N–H and O–H groups in total. The van der Waals surface area contributed by atoms with E-state index in [4.69, 9.17) is 4.74 Å². The monoisotopic (exact) mass is 172 g/mol. The van der Waals surface area contributed by atoms with Gasteiger partial charge in [-0.25, -0.2) is 0 Å². The van der Waals surface area contributed by atoms with Crippen molar-refractivity contribution in [3.05, 3.63) is 11.8 Å². The zero-order valence-electron chi connectivity index (χ0n) is 7.52. The van der Waals surface area contributed by atoms with Crippen LogP contribution in [0.25, 0.3) is 0 Å². The maximum Gasteiger partial charge on any atom is 0.0942 e. The van der Waals surface area contributed by atoms with Gasteiger partial charge in [-0.05, 0) is 19.4 Å². The van der Waals surface area contributed by atoms with Crippen LogP contribution < -0.4 is 0 Å². The van der Waals surface area contributed by atoms with Gasteiger partial charge in [0.25, 0.3) is 0 Å². The minimum atomic E-state index is 0.455. The van der Waals surface area contributed by atoms with Crippen molar-refractivity contribution >= 4 is 11.8 Å². The molecule has 0 saturated carbocycles. The smallest absolute Gasteiger partial charge is 0.0942 e. The van der Waals surface area contributed by atoms with Gasteiger partial charge in [-0.2, -0.15) is 11.8 Å². The van der Waals surface area contributed by atoms with Crippen LogP contribution in [-0.4, -0.2) is 18.1 Å². The van der Waals surface area contributed by atoms with Crippen LogP contribution in [-0.2, 0) is 4.74 Å². The molecule has 1 fully saturated rings. The Kier molecular flexibility index (Phi) is 2.88. The molecule has 1 saturated heterocycles. The summed E-state index contributed by atoms with van der Waals surface area (Å²) < 4.78 is 5.43. The van der Waals surface area contributed by atoms with Crippen LogP contribution in [0.1, 0.15) is 20.8 Å². The fourth-order valence-corrected chi connectivity index (χ4v) is 2.01. The molecule has 0 amide bonds. The highest BCUT2D eigenvalue weighted by molar-refractivity contribution is 8.00. The molecule has 1 heterocycles. The Balaban J connectivity index is 2.16. The van der Waals surface area contributed by atoms with Gasteiger partial charge in [-0.3, -0.25) is 0 Å². The third-order valence-electron chi connectivity index (χ3n) is 1.65. The van der Waals surface area contributed by atoms with E-state index in [1.807, 2.05) is 18.0 Å². The number of hydrogen-bond donors (Lipinski definition) is 0. The van der Waals surface area contributed by atoms with Gasteiger partial charge in [0.15, 0.2) is 0 Å². The first kappa shape index (κ1) is 8.98. The summed E-state index contributed by atoms with van der Waals surface area (Å²) in [5.74, 6) is 2.51. The van der Waals surface area contributed by atoms with Crippen molar-refractivity contribution in [1.82, 2.24) is 0 Å². The van der Waals surface area contributed by atoms with Crippen molar-refractivity contribution in [2.24, 2.45) is 5.41 Å². The van der Waals surface area contributed by atoms with Crippen molar-refractivity contribution < 1.29 is 4.74 Å². The molecule has 0 bridgehead atoms. The molecule has 1 rings (SSSR count). The number of rotatable bonds is 3. The SMILES string of the molecule is CC(C)=COCC1(C)CSC1. The van der Waals surface area contributed by atoms with Gasteiger partial charge in [0.2, 0.25) is 0 Å². The normalized spacial score (nSPS) is 20.3. The summed E-state index contributed by atoms with van der Waals surface area (Å²) in [5, 5.41) is 0. The highest BCUT2D eigenvalue weighted by Crippen LogP contribution is 2.37. The Bertz CT molecular complexity index is 155. The van der Waals surface area contributed by atoms with Gasteiger partial charge < -0.3 is 4.74 Å². The van der Waals surface area contributed by atoms with E-state index in [9.17, 15) is 0 Å². The molecule has 0 unspecified atom stereocenters. The Hall–Kier alpha value is -0.110. The van der Waals surface area contributed by atoms with Gasteiger partial charge >= 0.3 is 0 Å². The molecule has 0 radical (unpaired) electrons. The molecule has 0 atom stereocenters. The second kappa shape index (κ2) is 3.53. The average molecular weight is 172 g/mol. The zero-order chi connectivity index (χ0) is 8.32. The van der Waals surface area contributed by atoms with Crippen LogP contribution >= 0.6 is 11.8 Å². The minimum absolute atomic E-state index is 0.455. The predicted molar refractivity (Wildman–Crippen MR) is 50.8 cm³/mol. The van der Waals surface area contributed by atoms with E-state index in [2.05, 4.69) is 20.8 Å². The molecule has 0 spiro atoms. The van der Waals surface area contributed by atoms with Gasteiger partial charge in [0, 0.05) is 16.9 Å². The van der Waals surface area contributed by atoms with Crippen LogP contribution in [0, 0.1) is 5.41 Å². The highest BCUT2D eigenvalue weighted by atomic mass is 32.2. The summed E-state index contributed by atoms with van der Waals surface area (Å²) in [6, 6.07) is 0. The molecule has 0 aromatic rings. The fraction of sp³-hybridized carbons (Fsp3) is 0.778. The largest absolute Gasteiger partial charge is 0.501 e. The molecule has 0 aromatic carbocycles. The minimum Gasteiger partial charge on any atom is -0.501 e. The molecule has 1 aliphatic heterocycles. The molecule has 1 aliphatic rings. The van der Waals surface area contributed by atoms with Crippen LogP contribution in [0.15, 0.2) is 11.8 Å². The zero-order valence-corrected chi connectivity index (χ0v) is 8.33. The van der Waals surface area contributed by atoms with Crippen LogP contribution in [0.3, 0.4) is 0 Å². The Labute approximate surface area is 73.2 Å². The predicted octanol–water partition coefficient (Wildman–Crippen LogP) is 2.68. The molecule has 0 aromatic heterocycles. The second-order valence-electron chi connectivity index (χ2n) is 3.81. The Morgan fingerprint density at radius 1 is 1.55 bits per heavy atom. The maximum absolute atomic E-state index is 5.43.